The standard InChI is InChI=1S/C6H11NO2/c1-6(2)8-4-5-3-7(5)9-6/h5H,3-4H2,1-2H3. The van der Waals surface area contributed by atoms with Gasteiger partial charge in [-0.1, -0.05) is 0 Å². The average Bonchev–Trinajstić information content (AvgIpc) is 2.41. The third kappa shape index (κ3) is 0.956. The summed E-state index contributed by atoms with van der Waals surface area (Å²) in [5.41, 5.74) is 0. The molecule has 0 aliphatic carbocycles. The van der Waals surface area contributed by atoms with Crippen molar-refractivity contribution >= 4 is 0 Å². The van der Waals surface area contributed by atoms with Gasteiger partial charge in [-0.15, -0.1) is 0 Å². The van der Waals surface area contributed by atoms with E-state index < -0.39 is 0 Å². The molecule has 0 aromatic heterocycles. The molecule has 2 aliphatic heterocycles. The van der Waals surface area contributed by atoms with E-state index in [4.69, 9.17) is 9.57 Å². The first-order valence-corrected chi connectivity index (χ1v) is 3.27. The van der Waals surface area contributed by atoms with Gasteiger partial charge < -0.3 is 4.74 Å². The Labute approximate surface area is 54.5 Å². The van der Waals surface area contributed by atoms with Crippen LogP contribution >= 0.6 is 0 Å². The van der Waals surface area contributed by atoms with Crippen molar-refractivity contribution in [3.63, 3.8) is 0 Å². The van der Waals surface area contributed by atoms with E-state index in [9.17, 15) is 0 Å². The van der Waals surface area contributed by atoms with Crippen molar-refractivity contribution in [2.75, 3.05) is 13.2 Å². The zero-order valence-corrected chi connectivity index (χ0v) is 5.76. The third-order valence-corrected chi connectivity index (χ3v) is 1.62. The second-order valence-corrected chi connectivity index (χ2v) is 3.06. The van der Waals surface area contributed by atoms with Gasteiger partial charge >= 0.3 is 0 Å². The maximum Gasteiger partial charge on any atom is 0.182 e. The summed E-state index contributed by atoms with van der Waals surface area (Å²) < 4.78 is 5.36. The predicted molar refractivity (Wildman–Crippen MR) is 31.6 cm³/mol. The molecule has 2 heterocycles. The smallest absolute Gasteiger partial charge is 0.182 e. The van der Waals surface area contributed by atoms with E-state index in [0.717, 1.165) is 13.2 Å². The van der Waals surface area contributed by atoms with Crippen molar-refractivity contribution in [1.29, 1.82) is 0 Å². The number of nitrogens with zero attached hydrogens (tertiary/aromatic N) is 1. The molecule has 0 aromatic carbocycles. The maximum atomic E-state index is 5.36. The second kappa shape index (κ2) is 1.48. The monoisotopic (exact) mass is 129 g/mol. The first kappa shape index (κ1) is 5.65. The van der Waals surface area contributed by atoms with Gasteiger partial charge in [0.1, 0.15) is 0 Å². The van der Waals surface area contributed by atoms with E-state index in [-0.39, 0.29) is 5.79 Å². The molecule has 2 saturated heterocycles. The topological polar surface area (TPSA) is 21.5 Å². The van der Waals surface area contributed by atoms with Gasteiger partial charge in [-0.25, -0.2) is 0 Å². The van der Waals surface area contributed by atoms with Crippen LogP contribution in [0.3, 0.4) is 0 Å². The number of hydrogen-bond donors (Lipinski definition) is 0. The molecule has 2 aliphatic rings. The Bertz CT molecular complexity index is 135. The molecule has 3 heteroatoms. The second-order valence-electron chi connectivity index (χ2n) is 3.06. The van der Waals surface area contributed by atoms with E-state index in [1.165, 1.54) is 0 Å². The largest absolute Gasteiger partial charge is 0.347 e. The van der Waals surface area contributed by atoms with Gasteiger partial charge in [0.05, 0.1) is 12.6 Å². The zero-order chi connectivity index (χ0) is 6.48. The lowest BCUT2D eigenvalue weighted by Gasteiger charge is -2.29. The van der Waals surface area contributed by atoms with Crippen molar-refractivity contribution in [2.24, 2.45) is 0 Å². The number of rotatable bonds is 0. The van der Waals surface area contributed by atoms with Gasteiger partial charge in [0.2, 0.25) is 0 Å². The molecule has 0 N–H and O–H groups in total. The fourth-order valence-electron chi connectivity index (χ4n) is 1.01. The molecule has 2 rings (SSSR count). The lowest BCUT2D eigenvalue weighted by molar-refractivity contribution is -0.324. The molecule has 0 radical (unpaired) electrons. The Morgan fingerprint density at radius 1 is 1.56 bits per heavy atom. The van der Waals surface area contributed by atoms with Crippen molar-refractivity contribution in [3.8, 4) is 0 Å². The molecule has 0 amide bonds. The van der Waals surface area contributed by atoms with Crippen LogP contribution < -0.4 is 0 Å². The summed E-state index contributed by atoms with van der Waals surface area (Å²) in [6.07, 6.45) is 0. The van der Waals surface area contributed by atoms with Crippen LogP contribution in [0.15, 0.2) is 0 Å². The predicted octanol–water partition coefficient (Wildman–Crippen LogP) is 0.369. The highest BCUT2D eigenvalue weighted by molar-refractivity contribution is 4.86. The third-order valence-electron chi connectivity index (χ3n) is 1.62. The van der Waals surface area contributed by atoms with Crippen LogP contribution in [0.5, 0.6) is 0 Å². The van der Waals surface area contributed by atoms with Crippen LogP contribution in [-0.2, 0) is 9.57 Å². The number of ether oxygens (including phenoxy) is 1. The van der Waals surface area contributed by atoms with Gasteiger partial charge in [0, 0.05) is 6.54 Å². The van der Waals surface area contributed by atoms with E-state index in [1.807, 2.05) is 18.9 Å². The first-order chi connectivity index (χ1) is 4.17. The summed E-state index contributed by atoms with van der Waals surface area (Å²) in [4.78, 5) is 5.36. The van der Waals surface area contributed by atoms with E-state index in [2.05, 4.69) is 0 Å². The minimum Gasteiger partial charge on any atom is -0.347 e. The summed E-state index contributed by atoms with van der Waals surface area (Å²) in [6, 6.07) is 0.554. The Morgan fingerprint density at radius 3 is 2.89 bits per heavy atom. The van der Waals surface area contributed by atoms with Crippen molar-refractivity contribution in [2.45, 2.75) is 25.7 Å². The van der Waals surface area contributed by atoms with Crippen LogP contribution in [0.2, 0.25) is 0 Å². The molecule has 0 saturated carbocycles. The molecule has 0 spiro atoms. The molecule has 52 valence electrons. The van der Waals surface area contributed by atoms with Crippen LogP contribution in [0.4, 0.5) is 0 Å². The van der Waals surface area contributed by atoms with Gasteiger partial charge in [0.25, 0.3) is 0 Å². The SMILES string of the molecule is CC1(C)OCC2CN2O1. The minimum absolute atomic E-state index is 0.382. The van der Waals surface area contributed by atoms with E-state index in [0.29, 0.717) is 6.04 Å². The fraction of sp³-hybridized carbons (Fsp3) is 1.00. The summed E-state index contributed by atoms with van der Waals surface area (Å²) in [7, 11) is 0. The lowest BCUT2D eigenvalue weighted by Crippen LogP contribution is -2.37. The number of hydrogen-bond acceptors (Lipinski definition) is 3. The zero-order valence-electron chi connectivity index (χ0n) is 5.76. The Hall–Kier alpha value is -0.120. The first-order valence-electron chi connectivity index (χ1n) is 3.27. The van der Waals surface area contributed by atoms with E-state index in [1.54, 1.807) is 0 Å². The highest BCUT2D eigenvalue weighted by Crippen LogP contribution is 2.30. The molecule has 2 unspecified atom stereocenters. The molecule has 2 fully saturated rings. The Kier molecular flexibility index (Phi) is 0.928. The Morgan fingerprint density at radius 2 is 2.33 bits per heavy atom. The normalized spacial score (nSPS) is 46.0. The van der Waals surface area contributed by atoms with Crippen molar-refractivity contribution in [1.82, 2.24) is 5.06 Å². The fourth-order valence-corrected chi connectivity index (χ4v) is 1.01. The van der Waals surface area contributed by atoms with Crippen LogP contribution in [0.25, 0.3) is 0 Å². The quantitative estimate of drug-likeness (QED) is 0.441. The average molecular weight is 129 g/mol. The summed E-state index contributed by atoms with van der Waals surface area (Å²) >= 11 is 0. The molecule has 9 heavy (non-hydrogen) atoms. The number of fused-ring (bicyclic) bond motifs is 1. The van der Waals surface area contributed by atoms with Gasteiger partial charge in [0.15, 0.2) is 5.79 Å². The van der Waals surface area contributed by atoms with Gasteiger partial charge in [-0.2, -0.15) is 5.06 Å². The van der Waals surface area contributed by atoms with Crippen molar-refractivity contribution in [3.05, 3.63) is 0 Å². The Balaban J connectivity index is 2.01. The maximum absolute atomic E-state index is 5.36. The van der Waals surface area contributed by atoms with Crippen LogP contribution in [0, 0.1) is 0 Å². The summed E-state index contributed by atoms with van der Waals surface area (Å²) in [6.45, 7) is 5.74. The molecular formula is C6H11NO2. The van der Waals surface area contributed by atoms with Gasteiger partial charge in [-0.3, -0.25) is 4.84 Å². The lowest BCUT2D eigenvalue weighted by atomic mass is 10.4. The molecule has 0 bridgehead atoms. The minimum atomic E-state index is -0.382. The summed E-state index contributed by atoms with van der Waals surface area (Å²) in [5, 5.41) is 1.96. The molecule has 3 nitrogen and oxygen atoms in total. The van der Waals surface area contributed by atoms with E-state index >= 15 is 0 Å². The van der Waals surface area contributed by atoms with Crippen LogP contribution in [-0.4, -0.2) is 30.0 Å². The van der Waals surface area contributed by atoms with Crippen LogP contribution in [0.1, 0.15) is 13.8 Å². The van der Waals surface area contributed by atoms with Gasteiger partial charge in [-0.05, 0) is 13.8 Å². The molecular weight excluding hydrogens is 118 g/mol. The molecule has 2 atom stereocenters. The highest BCUT2D eigenvalue weighted by atomic mass is 16.8. The van der Waals surface area contributed by atoms with Crippen molar-refractivity contribution < 1.29 is 9.57 Å². The highest BCUT2D eigenvalue weighted by Gasteiger charge is 2.45. The summed E-state index contributed by atoms with van der Waals surface area (Å²) in [5.74, 6) is -0.382. The molecule has 0 aromatic rings. The number of hydroxylamine groups is 2.